The Morgan fingerprint density at radius 3 is 2.41 bits per heavy atom. The molecule has 1 fully saturated rings. The Morgan fingerprint density at radius 1 is 1.03 bits per heavy atom. The van der Waals surface area contributed by atoms with E-state index in [9.17, 15) is 8.42 Å². The van der Waals surface area contributed by atoms with Crippen molar-refractivity contribution in [3.8, 4) is 17.1 Å². The number of nitrogens with zero attached hydrogens (tertiary/aromatic N) is 4. The van der Waals surface area contributed by atoms with Gasteiger partial charge < -0.3 is 9.26 Å². The van der Waals surface area contributed by atoms with Crippen LogP contribution in [0.25, 0.3) is 11.4 Å². The molecule has 1 aliphatic rings. The lowest BCUT2D eigenvalue weighted by molar-refractivity contribution is 0.163. The second-order valence-electron chi connectivity index (χ2n) is 7.17. The molecule has 2 heterocycles. The molecule has 0 radical (unpaired) electrons. The largest absolute Gasteiger partial charge is 0.493 e. The second-order valence-corrected chi connectivity index (χ2v) is 9.86. The number of halogens is 2. The van der Waals surface area contributed by atoms with E-state index in [0.717, 1.165) is 5.56 Å². The third-order valence-corrected chi connectivity index (χ3v) is 7.96. The molecule has 0 unspecified atom stereocenters. The first-order chi connectivity index (χ1) is 15.4. The van der Waals surface area contributed by atoms with E-state index >= 15 is 0 Å². The van der Waals surface area contributed by atoms with Crippen LogP contribution in [0.2, 0.25) is 10.0 Å². The van der Waals surface area contributed by atoms with E-state index in [0.29, 0.717) is 56.8 Å². The second kappa shape index (κ2) is 9.76. The van der Waals surface area contributed by atoms with Crippen molar-refractivity contribution in [1.82, 2.24) is 19.3 Å². The van der Waals surface area contributed by atoms with E-state index in [1.54, 1.807) is 6.07 Å². The summed E-state index contributed by atoms with van der Waals surface area (Å²) in [6, 6.07) is 12.2. The summed E-state index contributed by atoms with van der Waals surface area (Å²) in [4.78, 5) is 6.50. The molecule has 2 aromatic carbocycles. The molecule has 1 aromatic heterocycles. The fourth-order valence-corrected chi connectivity index (χ4v) is 6.05. The highest BCUT2D eigenvalue weighted by molar-refractivity contribution is 7.89. The normalized spacial score (nSPS) is 15.7. The van der Waals surface area contributed by atoms with Gasteiger partial charge in [-0.3, -0.25) is 4.90 Å². The SMILES string of the molecule is CCOc1ccccc1-c1noc(CN2CCN(S(=O)(=O)c3c(Cl)cccc3Cl)CC2)n1. The highest BCUT2D eigenvalue weighted by atomic mass is 35.5. The first-order valence-corrected chi connectivity index (χ1v) is 12.3. The van der Waals surface area contributed by atoms with Crippen LogP contribution in [0, 0.1) is 0 Å². The molecule has 0 atom stereocenters. The third-order valence-electron chi connectivity index (χ3n) is 5.10. The minimum Gasteiger partial charge on any atom is -0.493 e. The van der Waals surface area contributed by atoms with Crippen LogP contribution >= 0.6 is 23.2 Å². The predicted octanol–water partition coefficient (Wildman–Crippen LogP) is 3.95. The van der Waals surface area contributed by atoms with Crippen LogP contribution in [0.1, 0.15) is 12.8 Å². The van der Waals surface area contributed by atoms with Crippen molar-refractivity contribution in [1.29, 1.82) is 0 Å². The fourth-order valence-electron chi connectivity index (χ4n) is 3.54. The van der Waals surface area contributed by atoms with Crippen LogP contribution in [0.3, 0.4) is 0 Å². The number of ether oxygens (including phenoxy) is 1. The highest BCUT2D eigenvalue weighted by Crippen LogP contribution is 2.32. The molecule has 11 heteroatoms. The number of piperazine rings is 1. The quantitative estimate of drug-likeness (QED) is 0.489. The summed E-state index contributed by atoms with van der Waals surface area (Å²) in [7, 11) is -3.78. The Labute approximate surface area is 196 Å². The lowest BCUT2D eigenvalue weighted by atomic mass is 10.2. The van der Waals surface area contributed by atoms with Crippen molar-refractivity contribution < 1.29 is 17.7 Å². The Bertz CT molecular complexity index is 1170. The minimum atomic E-state index is -3.78. The molecule has 3 aromatic rings. The monoisotopic (exact) mass is 496 g/mol. The summed E-state index contributed by atoms with van der Waals surface area (Å²) in [5, 5.41) is 4.31. The Hall–Kier alpha value is -2.17. The molecule has 170 valence electrons. The molecule has 0 amide bonds. The molecule has 32 heavy (non-hydrogen) atoms. The lowest BCUT2D eigenvalue weighted by Gasteiger charge is -2.33. The zero-order valence-electron chi connectivity index (χ0n) is 17.4. The molecule has 0 spiro atoms. The van der Waals surface area contributed by atoms with E-state index in [4.69, 9.17) is 32.5 Å². The van der Waals surface area contributed by atoms with Crippen molar-refractivity contribution in [2.75, 3.05) is 32.8 Å². The van der Waals surface area contributed by atoms with Crippen LogP contribution in [-0.4, -0.2) is 60.5 Å². The molecular formula is C21H22Cl2N4O4S. The average molecular weight is 497 g/mol. The van der Waals surface area contributed by atoms with E-state index in [1.165, 1.54) is 16.4 Å². The summed E-state index contributed by atoms with van der Waals surface area (Å²) in [6.07, 6.45) is 0. The van der Waals surface area contributed by atoms with Gasteiger partial charge in [0.05, 0.1) is 28.8 Å². The van der Waals surface area contributed by atoms with Crippen LogP contribution in [-0.2, 0) is 16.6 Å². The number of para-hydroxylation sites is 1. The molecule has 1 saturated heterocycles. The summed E-state index contributed by atoms with van der Waals surface area (Å²) in [6.45, 7) is 4.50. The van der Waals surface area contributed by atoms with Gasteiger partial charge in [-0.15, -0.1) is 0 Å². The van der Waals surface area contributed by atoms with Gasteiger partial charge in [0.1, 0.15) is 10.6 Å². The maximum Gasteiger partial charge on any atom is 0.246 e. The maximum atomic E-state index is 13.0. The molecule has 0 aliphatic carbocycles. The van der Waals surface area contributed by atoms with E-state index in [-0.39, 0.29) is 14.9 Å². The van der Waals surface area contributed by atoms with Crippen molar-refractivity contribution in [3.63, 3.8) is 0 Å². The number of aromatic nitrogens is 2. The maximum absolute atomic E-state index is 13.0. The van der Waals surface area contributed by atoms with Gasteiger partial charge in [0, 0.05) is 26.2 Å². The first kappa shape index (κ1) is 23.0. The van der Waals surface area contributed by atoms with Gasteiger partial charge in [-0.2, -0.15) is 9.29 Å². The molecule has 0 N–H and O–H groups in total. The molecule has 4 rings (SSSR count). The zero-order chi connectivity index (χ0) is 22.7. The standard InChI is InChI=1S/C21H22Cl2N4O4S/c1-2-30-18-9-4-3-6-15(18)21-24-19(31-25-21)14-26-10-12-27(13-11-26)32(28,29)20-16(22)7-5-8-17(20)23/h3-9H,2,10-14H2,1H3. The molecule has 0 bridgehead atoms. The Kier molecular flexibility index (Phi) is 7.02. The van der Waals surface area contributed by atoms with Crippen LogP contribution in [0.15, 0.2) is 51.9 Å². The van der Waals surface area contributed by atoms with Crippen LogP contribution in [0.5, 0.6) is 5.75 Å². The van der Waals surface area contributed by atoms with Gasteiger partial charge in [-0.25, -0.2) is 8.42 Å². The number of sulfonamides is 1. The highest BCUT2D eigenvalue weighted by Gasteiger charge is 2.32. The molecular weight excluding hydrogens is 475 g/mol. The zero-order valence-corrected chi connectivity index (χ0v) is 19.7. The van der Waals surface area contributed by atoms with E-state index < -0.39 is 10.0 Å². The van der Waals surface area contributed by atoms with Crippen LogP contribution in [0.4, 0.5) is 0 Å². The van der Waals surface area contributed by atoms with Crippen molar-refractivity contribution in [2.24, 2.45) is 0 Å². The number of hydrogen-bond acceptors (Lipinski definition) is 7. The van der Waals surface area contributed by atoms with Crippen LogP contribution < -0.4 is 4.74 Å². The minimum absolute atomic E-state index is 0.0497. The first-order valence-electron chi connectivity index (χ1n) is 10.1. The van der Waals surface area contributed by atoms with Gasteiger partial charge in [0.15, 0.2) is 0 Å². The van der Waals surface area contributed by atoms with Gasteiger partial charge in [0.25, 0.3) is 0 Å². The number of rotatable bonds is 7. The topological polar surface area (TPSA) is 88.8 Å². The van der Waals surface area contributed by atoms with Crippen molar-refractivity contribution >= 4 is 33.2 Å². The third kappa shape index (κ3) is 4.77. The summed E-state index contributed by atoms with van der Waals surface area (Å²) < 4.78 is 38.5. The fraction of sp³-hybridized carbons (Fsp3) is 0.333. The van der Waals surface area contributed by atoms with Gasteiger partial charge in [0.2, 0.25) is 21.7 Å². The molecule has 8 nitrogen and oxygen atoms in total. The average Bonchev–Trinajstić information content (AvgIpc) is 3.23. The van der Waals surface area contributed by atoms with Gasteiger partial charge >= 0.3 is 0 Å². The summed E-state index contributed by atoms with van der Waals surface area (Å²) in [5.41, 5.74) is 0.761. The molecule has 1 aliphatic heterocycles. The summed E-state index contributed by atoms with van der Waals surface area (Å²) in [5.74, 6) is 1.61. The van der Waals surface area contributed by atoms with Gasteiger partial charge in [-0.05, 0) is 31.2 Å². The van der Waals surface area contributed by atoms with Crippen molar-refractivity contribution in [2.45, 2.75) is 18.4 Å². The number of benzene rings is 2. The van der Waals surface area contributed by atoms with E-state index in [1.807, 2.05) is 31.2 Å². The molecule has 0 saturated carbocycles. The van der Waals surface area contributed by atoms with Crippen molar-refractivity contribution in [3.05, 3.63) is 58.4 Å². The van der Waals surface area contributed by atoms with Gasteiger partial charge in [-0.1, -0.05) is 46.6 Å². The number of hydrogen-bond donors (Lipinski definition) is 0. The summed E-state index contributed by atoms with van der Waals surface area (Å²) >= 11 is 12.2. The smallest absolute Gasteiger partial charge is 0.246 e. The lowest BCUT2D eigenvalue weighted by Crippen LogP contribution is -2.48. The Morgan fingerprint density at radius 2 is 1.72 bits per heavy atom. The Balaban J connectivity index is 1.41. The van der Waals surface area contributed by atoms with E-state index in [2.05, 4.69) is 15.0 Å². The predicted molar refractivity (Wildman–Crippen MR) is 121 cm³/mol.